The first kappa shape index (κ1) is 13.9. The van der Waals surface area contributed by atoms with E-state index in [0.29, 0.717) is 5.92 Å². The summed E-state index contributed by atoms with van der Waals surface area (Å²) in [6.07, 6.45) is 0. The zero-order chi connectivity index (χ0) is 13.1. The maximum Gasteiger partial charge on any atom is 0.282 e. The second-order valence-electron chi connectivity index (χ2n) is 4.46. The first-order valence-electron chi connectivity index (χ1n) is 6.21. The predicted molar refractivity (Wildman–Crippen MR) is 69.0 cm³/mol. The van der Waals surface area contributed by atoms with Gasteiger partial charge in [-0.3, -0.25) is 0 Å². The lowest BCUT2D eigenvalue weighted by atomic mass is 10.0. The van der Waals surface area contributed by atoms with E-state index in [0.717, 1.165) is 5.69 Å². The van der Waals surface area contributed by atoms with E-state index in [-0.39, 0.29) is 13.1 Å². The van der Waals surface area contributed by atoms with Crippen LogP contribution < -0.4 is 4.90 Å². The molecule has 0 unspecified atom stereocenters. The largest absolute Gasteiger partial charge is 0.359 e. The van der Waals surface area contributed by atoms with Crippen LogP contribution >= 0.6 is 0 Å². The second-order valence-corrected chi connectivity index (χ2v) is 4.46. The molecule has 0 bridgehead atoms. The van der Waals surface area contributed by atoms with Gasteiger partial charge in [0.15, 0.2) is 0 Å². The molecule has 0 N–H and O–H groups in total. The lowest BCUT2D eigenvalue weighted by molar-refractivity contribution is -0.0262. The van der Waals surface area contributed by atoms with Gasteiger partial charge in [0, 0.05) is 5.69 Å². The molecule has 1 heterocycles. The normalized spacial score (nSPS) is 17.2. The Hall–Kier alpha value is -1.12. The second kappa shape index (κ2) is 5.48. The van der Waals surface area contributed by atoms with Crippen molar-refractivity contribution in [3.63, 3.8) is 0 Å². The van der Waals surface area contributed by atoms with Crippen LogP contribution in [-0.2, 0) is 0 Å². The molecule has 2 rings (SSSR count). The molecule has 1 saturated heterocycles. The standard InChI is InChI=1S/C12H15F2N.C2H6/c1-9(2)10-4-3-5-11(6-10)15-7-12(13,14)8-15;1-2/h3-6,9H,7-8H2,1-2H3;1-2H3. The van der Waals surface area contributed by atoms with E-state index in [9.17, 15) is 8.78 Å². The molecule has 1 aliphatic rings. The average Bonchev–Trinajstić information content (AvgIpc) is 2.28. The summed E-state index contributed by atoms with van der Waals surface area (Å²) in [5.41, 5.74) is 2.11. The Kier molecular flexibility index (Phi) is 4.49. The molecule has 1 aromatic carbocycles. The molecule has 1 aliphatic heterocycles. The van der Waals surface area contributed by atoms with E-state index in [1.807, 2.05) is 38.1 Å². The minimum absolute atomic E-state index is 0.144. The SMILES string of the molecule is CC.CC(C)c1cccc(N2CC(F)(F)C2)c1. The number of nitrogens with zero attached hydrogens (tertiary/aromatic N) is 1. The predicted octanol–water partition coefficient (Wildman–Crippen LogP) is 4.29. The van der Waals surface area contributed by atoms with E-state index < -0.39 is 5.92 Å². The summed E-state index contributed by atoms with van der Waals surface area (Å²) in [6.45, 7) is 7.91. The lowest BCUT2D eigenvalue weighted by Crippen LogP contribution is -2.56. The van der Waals surface area contributed by atoms with Gasteiger partial charge in [-0.05, 0) is 23.6 Å². The summed E-state index contributed by atoms with van der Waals surface area (Å²) in [5, 5.41) is 0. The summed E-state index contributed by atoms with van der Waals surface area (Å²) >= 11 is 0. The molecule has 96 valence electrons. The number of hydrogen-bond donors (Lipinski definition) is 0. The molecule has 0 spiro atoms. The van der Waals surface area contributed by atoms with Gasteiger partial charge < -0.3 is 4.90 Å². The zero-order valence-corrected chi connectivity index (χ0v) is 11.0. The Morgan fingerprint density at radius 1 is 1.18 bits per heavy atom. The number of alkyl halides is 2. The van der Waals surface area contributed by atoms with Crippen molar-refractivity contribution in [3.05, 3.63) is 29.8 Å². The smallest absolute Gasteiger partial charge is 0.282 e. The number of hydrogen-bond acceptors (Lipinski definition) is 1. The van der Waals surface area contributed by atoms with Crippen LogP contribution in [0.2, 0.25) is 0 Å². The van der Waals surface area contributed by atoms with Crippen LogP contribution in [0.5, 0.6) is 0 Å². The van der Waals surface area contributed by atoms with E-state index in [4.69, 9.17) is 0 Å². The summed E-state index contributed by atoms with van der Waals surface area (Å²) in [4.78, 5) is 1.71. The van der Waals surface area contributed by atoms with Crippen LogP contribution in [0.25, 0.3) is 0 Å². The summed E-state index contributed by atoms with van der Waals surface area (Å²) in [5.74, 6) is -2.06. The van der Waals surface area contributed by atoms with Crippen LogP contribution in [0, 0.1) is 0 Å². The maximum atomic E-state index is 12.7. The molecule has 0 amide bonds. The van der Waals surface area contributed by atoms with Gasteiger partial charge in [-0.1, -0.05) is 39.8 Å². The summed E-state index contributed by atoms with van der Waals surface area (Å²) in [6, 6.07) is 7.86. The maximum absolute atomic E-state index is 12.7. The van der Waals surface area contributed by atoms with Crippen LogP contribution in [0.4, 0.5) is 14.5 Å². The molecule has 0 radical (unpaired) electrons. The molecule has 1 nitrogen and oxygen atoms in total. The number of rotatable bonds is 2. The lowest BCUT2D eigenvalue weighted by Gasteiger charge is -2.40. The number of halogens is 2. The third-order valence-corrected chi connectivity index (χ3v) is 2.75. The Bertz CT molecular complexity index is 353. The van der Waals surface area contributed by atoms with Crippen molar-refractivity contribution in [2.75, 3.05) is 18.0 Å². The average molecular weight is 241 g/mol. The van der Waals surface area contributed by atoms with Crippen molar-refractivity contribution in [1.82, 2.24) is 0 Å². The van der Waals surface area contributed by atoms with Gasteiger partial charge in [0.05, 0.1) is 13.1 Å². The summed E-state index contributed by atoms with van der Waals surface area (Å²) < 4.78 is 25.4. The molecule has 0 saturated carbocycles. The zero-order valence-electron chi connectivity index (χ0n) is 11.0. The Morgan fingerprint density at radius 2 is 1.76 bits per heavy atom. The highest BCUT2D eigenvalue weighted by Crippen LogP contribution is 2.32. The fraction of sp³-hybridized carbons (Fsp3) is 0.571. The fourth-order valence-corrected chi connectivity index (χ4v) is 1.78. The Labute approximate surface area is 102 Å². The molecular weight excluding hydrogens is 220 g/mol. The molecule has 17 heavy (non-hydrogen) atoms. The Balaban J connectivity index is 0.000000686. The van der Waals surface area contributed by atoms with Crippen molar-refractivity contribution in [1.29, 1.82) is 0 Å². The van der Waals surface area contributed by atoms with Gasteiger partial charge in [0.25, 0.3) is 5.92 Å². The molecule has 0 atom stereocenters. The highest BCUT2D eigenvalue weighted by molar-refractivity contribution is 5.52. The van der Waals surface area contributed by atoms with Gasteiger partial charge >= 0.3 is 0 Å². The molecule has 0 aromatic heterocycles. The van der Waals surface area contributed by atoms with Crippen molar-refractivity contribution >= 4 is 5.69 Å². The van der Waals surface area contributed by atoms with Gasteiger partial charge in [-0.25, -0.2) is 8.78 Å². The van der Waals surface area contributed by atoms with Crippen LogP contribution in [0.1, 0.15) is 39.2 Å². The molecular formula is C14H21F2N. The van der Waals surface area contributed by atoms with Gasteiger partial charge in [0.1, 0.15) is 0 Å². The fourth-order valence-electron chi connectivity index (χ4n) is 1.78. The first-order chi connectivity index (χ1) is 7.98. The van der Waals surface area contributed by atoms with Crippen molar-refractivity contribution in [2.45, 2.75) is 39.5 Å². The van der Waals surface area contributed by atoms with Gasteiger partial charge in [-0.15, -0.1) is 0 Å². The van der Waals surface area contributed by atoms with Crippen LogP contribution in [0.3, 0.4) is 0 Å². The van der Waals surface area contributed by atoms with Crippen LogP contribution in [-0.4, -0.2) is 19.0 Å². The minimum Gasteiger partial charge on any atom is -0.359 e. The van der Waals surface area contributed by atoms with E-state index in [2.05, 4.69) is 13.8 Å². The van der Waals surface area contributed by atoms with E-state index >= 15 is 0 Å². The number of benzene rings is 1. The first-order valence-corrected chi connectivity index (χ1v) is 6.21. The van der Waals surface area contributed by atoms with Crippen molar-refractivity contribution in [3.8, 4) is 0 Å². The van der Waals surface area contributed by atoms with Gasteiger partial charge in [0.2, 0.25) is 0 Å². The monoisotopic (exact) mass is 241 g/mol. The van der Waals surface area contributed by atoms with Crippen molar-refractivity contribution in [2.24, 2.45) is 0 Å². The number of anilines is 1. The van der Waals surface area contributed by atoms with Crippen molar-refractivity contribution < 1.29 is 8.78 Å². The highest BCUT2D eigenvalue weighted by atomic mass is 19.3. The van der Waals surface area contributed by atoms with Crippen LogP contribution in [0.15, 0.2) is 24.3 Å². The minimum atomic E-state index is -2.49. The molecule has 1 fully saturated rings. The third-order valence-electron chi connectivity index (χ3n) is 2.75. The Morgan fingerprint density at radius 3 is 2.24 bits per heavy atom. The third kappa shape index (κ3) is 3.42. The topological polar surface area (TPSA) is 3.24 Å². The highest BCUT2D eigenvalue weighted by Gasteiger charge is 2.43. The summed E-state index contributed by atoms with van der Waals surface area (Å²) in [7, 11) is 0. The molecule has 1 aromatic rings. The quantitative estimate of drug-likeness (QED) is 0.746. The molecule has 3 heteroatoms. The van der Waals surface area contributed by atoms with E-state index in [1.54, 1.807) is 4.90 Å². The van der Waals surface area contributed by atoms with E-state index in [1.165, 1.54) is 5.56 Å². The molecule has 0 aliphatic carbocycles. The van der Waals surface area contributed by atoms with Gasteiger partial charge in [-0.2, -0.15) is 0 Å².